The van der Waals surface area contributed by atoms with E-state index >= 15 is 0 Å². The summed E-state index contributed by atoms with van der Waals surface area (Å²) in [5.41, 5.74) is 0.854. The molecule has 0 bridgehead atoms. The molecular weight excluding hydrogens is 441 g/mol. The molecule has 1 aliphatic rings. The molecule has 3 rings (SSSR count). The molecule has 1 unspecified atom stereocenters. The Balaban J connectivity index is 0.00000243. The largest absolute Gasteiger partial charge is 0.357 e. The lowest BCUT2D eigenvalue weighted by Gasteiger charge is -2.16. The van der Waals surface area contributed by atoms with Gasteiger partial charge in [0.1, 0.15) is 6.54 Å². The number of halogens is 1. The summed E-state index contributed by atoms with van der Waals surface area (Å²) in [7, 11) is 0. The predicted molar refractivity (Wildman–Crippen MR) is 116 cm³/mol. The van der Waals surface area contributed by atoms with Crippen molar-refractivity contribution in [3.05, 3.63) is 30.2 Å². The molecular formula is C18H30IN7. The lowest BCUT2D eigenvalue weighted by Crippen LogP contribution is -2.40. The molecule has 0 radical (unpaired) electrons. The molecule has 7 nitrogen and oxygen atoms in total. The number of hydrogen-bond donors (Lipinski definition) is 2. The summed E-state index contributed by atoms with van der Waals surface area (Å²) in [6.45, 7) is 10.3. The number of likely N-dealkylation sites (tertiary alicyclic amines) is 1. The highest BCUT2D eigenvalue weighted by molar-refractivity contribution is 14.0. The minimum absolute atomic E-state index is 0. The van der Waals surface area contributed by atoms with Gasteiger partial charge in [0, 0.05) is 25.8 Å². The second-order valence-corrected chi connectivity index (χ2v) is 6.58. The van der Waals surface area contributed by atoms with Crippen molar-refractivity contribution in [1.29, 1.82) is 0 Å². The number of rotatable bonds is 7. The van der Waals surface area contributed by atoms with Gasteiger partial charge in [-0.2, -0.15) is 0 Å². The number of fused-ring (bicyclic) bond motifs is 1. The fraction of sp³-hybridized carbons (Fsp3) is 0.611. The number of guanidine groups is 1. The van der Waals surface area contributed by atoms with E-state index in [1.165, 1.54) is 32.5 Å². The van der Waals surface area contributed by atoms with E-state index in [-0.39, 0.29) is 24.0 Å². The van der Waals surface area contributed by atoms with Crippen LogP contribution in [0.15, 0.2) is 29.4 Å². The highest BCUT2D eigenvalue weighted by Gasteiger charge is 2.21. The van der Waals surface area contributed by atoms with Gasteiger partial charge in [0.2, 0.25) is 0 Å². The number of nitrogens with one attached hydrogen (secondary N) is 2. The second-order valence-electron chi connectivity index (χ2n) is 6.58. The molecule has 8 heteroatoms. The molecule has 2 aromatic rings. The molecule has 3 heterocycles. The summed E-state index contributed by atoms with van der Waals surface area (Å²) in [5, 5.41) is 15.2. The molecule has 1 atom stereocenters. The Morgan fingerprint density at radius 1 is 1.27 bits per heavy atom. The van der Waals surface area contributed by atoms with E-state index in [1.54, 1.807) is 0 Å². The van der Waals surface area contributed by atoms with Gasteiger partial charge in [0.15, 0.2) is 17.4 Å². The zero-order valence-electron chi connectivity index (χ0n) is 15.7. The lowest BCUT2D eigenvalue weighted by molar-refractivity contribution is 0.324. The highest BCUT2D eigenvalue weighted by atomic mass is 127. The van der Waals surface area contributed by atoms with Crippen molar-refractivity contribution in [2.75, 3.05) is 32.7 Å². The van der Waals surface area contributed by atoms with Crippen molar-refractivity contribution in [2.24, 2.45) is 10.9 Å². The maximum Gasteiger partial charge on any atom is 0.191 e. The first-order valence-corrected chi connectivity index (χ1v) is 9.33. The summed E-state index contributed by atoms with van der Waals surface area (Å²) in [4.78, 5) is 7.23. The molecule has 0 amide bonds. The Hall–Kier alpha value is -1.42. The van der Waals surface area contributed by atoms with Gasteiger partial charge in [-0.15, -0.1) is 34.2 Å². The van der Waals surface area contributed by atoms with E-state index < -0.39 is 0 Å². The maximum atomic E-state index is 4.68. The summed E-state index contributed by atoms with van der Waals surface area (Å²) in [5.74, 6) is 2.40. The number of aliphatic imine (C=N–C) groups is 1. The van der Waals surface area contributed by atoms with E-state index in [2.05, 4.69) is 44.6 Å². The third-order valence-electron chi connectivity index (χ3n) is 4.58. The van der Waals surface area contributed by atoms with Crippen molar-refractivity contribution in [3.8, 4) is 0 Å². The standard InChI is InChI=1S/C18H29N7.HI/c1-3-9-24-11-8-15(14-24)12-20-18(19-4-2)21-13-17-23-22-16-7-5-6-10-25(16)17;/h5-7,10,15H,3-4,8-9,11-14H2,1-2H3,(H2,19,20,21);1H. The lowest BCUT2D eigenvalue weighted by atomic mass is 10.1. The second kappa shape index (κ2) is 10.7. The van der Waals surface area contributed by atoms with Crippen molar-refractivity contribution in [3.63, 3.8) is 0 Å². The van der Waals surface area contributed by atoms with Gasteiger partial charge in [-0.1, -0.05) is 13.0 Å². The van der Waals surface area contributed by atoms with Crippen LogP contribution in [-0.2, 0) is 6.54 Å². The predicted octanol–water partition coefficient (Wildman–Crippen LogP) is 2.13. The molecule has 1 saturated heterocycles. The van der Waals surface area contributed by atoms with Crippen LogP contribution >= 0.6 is 24.0 Å². The molecule has 0 aliphatic carbocycles. The van der Waals surface area contributed by atoms with E-state index in [0.29, 0.717) is 12.5 Å². The first kappa shape index (κ1) is 20.9. The van der Waals surface area contributed by atoms with E-state index in [0.717, 1.165) is 30.5 Å². The van der Waals surface area contributed by atoms with Crippen molar-refractivity contribution in [2.45, 2.75) is 33.2 Å². The van der Waals surface area contributed by atoms with Gasteiger partial charge in [0.25, 0.3) is 0 Å². The molecule has 26 heavy (non-hydrogen) atoms. The Labute approximate surface area is 172 Å². The Morgan fingerprint density at radius 2 is 2.15 bits per heavy atom. The Bertz CT molecular complexity index is 700. The van der Waals surface area contributed by atoms with Crippen LogP contribution in [-0.4, -0.2) is 58.2 Å². The van der Waals surface area contributed by atoms with Crippen LogP contribution in [0.4, 0.5) is 0 Å². The van der Waals surface area contributed by atoms with Gasteiger partial charge >= 0.3 is 0 Å². The van der Waals surface area contributed by atoms with Crippen LogP contribution in [0.5, 0.6) is 0 Å². The third-order valence-corrected chi connectivity index (χ3v) is 4.58. The average Bonchev–Trinajstić information content (AvgIpc) is 3.25. The Morgan fingerprint density at radius 3 is 2.96 bits per heavy atom. The first-order valence-electron chi connectivity index (χ1n) is 9.33. The topological polar surface area (TPSA) is 69.8 Å². The molecule has 1 aliphatic heterocycles. The summed E-state index contributed by atoms with van der Waals surface area (Å²) >= 11 is 0. The van der Waals surface area contributed by atoms with Crippen LogP contribution in [0.2, 0.25) is 0 Å². The smallest absolute Gasteiger partial charge is 0.191 e. The number of nitrogens with zero attached hydrogens (tertiary/aromatic N) is 5. The van der Waals surface area contributed by atoms with E-state index in [1.807, 2.05) is 28.8 Å². The van der Waals surface area contributed by atoms with Crippen LogP contribution in [0.25, 0.3) is 5.65 Å². The maximum absolute atomic E-state index is 4.68. The minimum atomic E-state index is 0. The molecule has 0 spiro atoms. The van der Waals surface area contributed by atoms with Crippen molar-refractivity contribution >= 4 is 35.6 Å². The SMILES string of the molecule is CCCN1CCC(CNC(=NCc2nnc3ccccn23)NCC)C1.I. The number of pyridine rings is 1. The minimum Gasteiger partial charge on any atom is -0.357 e. The van der Waals surface area contributed by atoms with Gasteiger partial charge < -0.3 is 15.5 Å². The quantitative estimate of drug-likeness (QED) is 0.368. The van der Waals surface area contributed by atoms with Crippen molar-refractivity contribution < 1.29 is 0 Å². The molecule has 144 valence electrons. The summed E-state index contributed by atoms with van der Waals surface area (Å²) in [6.07, 6.45) is 4.47. The zero-order chi connectivity index (χ0) is 17.5. The van der Waals surface area contributed by atoms with Crippen LogP contribution in [0.3, 0.4) is 0 Å². The molecule has 2 N–H and O–H groups in total. The fourth-order valence-corrected chi connectivity index (χ4v) is 3.33. The zero-order valence-corrected chi connectivity index (χ0v) is 18.0. The van der Waals surface area contributed by atoms with Gasteiger partial charge in [0.05, 0.1) is 0 Å². The summed E-state index contributed by atoms with van der Waals surface area (Å²) < 4.78 is 1.98. The average molecular weight is 471 g/mol. The highest BCUT2D eigenvalue weighted by Crippen LogP contribution is 2.15. The summed E-state index contributed by atoms with van der Waals surface area (Å²) in [6, 6.07) is 5.90. The number of hydrogen-bond acceptors (Lipinski definition) is 4. The van der Waals surface area contributed by atoms with E-state index in [4.69, 9.17) is 0 Å². The molecule has 0 aromatic carbocycles. The van der Waals surface area contributed by atoms with Crippen LogP contribution in [0, 0.1) is 5.92 Å². The van der Waals surface area contributed by atoms with Gasteiger partial charge in [-0.3, -0.25) is 4.40 Å². The fourth-order valence-electron chi connectivity index (χ4n) is 3.33. The normalized spacial score (nSPS) is 18.1. The molecule has 2 aromatic heterocycles. The van der Waals surface area contributed by atoms with Crippen LogP contribution in [0.1, 0.15) is 32.5 Å². The Kier molecular flexibility index (Phi) is 8.56. The number of aromatic nitrogens is 3. The van der Waals surface area contributed by atoms with Crippen LogP contribution < -0.4 is 10.6 Å². The monoisotopic (exact) mass is 471 g/mol. The van der Waals surface area contributed by atoms with Crippen molar-refractivity contribution in [1.82, 2.24) is 30.1 Å². The van der Waals surface area contributed by atoms with Gasteiger partial charge in [-0.05, 0) is 50.9 Å². The molecule has 0 saturated carbocycles. The third kappa shape index (κ3) is 5.54. The molecule has 1 fully saturated rings. The van der Waals surface area contributed by atoms with Gasteiger partial charge in [-0.25, -0.2) is 4.99 Å². The first-order chi connectivity index (χ1) is 12.3. The van der Waals surface area contributed by atoms with E-state index in [9.17, 15) is 0 Å².